The van der Waals surface area contributed by atoms with Gasteiger partial charge in [-0.05, 0) is 24.3 Å². The predicted octanol–water partition coefficient (Wildman–Crippen LogP) is 2.90. The lowest BCUT2D eigenvalue weighted by Gasteiger charge is -2.09. The van der Waals surface area contributed by atoms with Gasteiger partial charge in [0.2, 0.25) is 0 Å². The number of carbonyl (C=O) groups is 1. The van der Waals surface area contributed by atoms with Crippen LogP contribution >= 0.6 is 15.9 Å². The van der Waals surface area contributed by atoms with Crippen LogP contribution in [0.15, 0.2) is 40.9 Å². The van der Waals surface area contributed by atoms with Gasteiger partial charge in [0.15, 0.2) is 0 Å². The molecule has 0 fully saturated rings. The maximum Gasteiger partial charge on any atom is 0.273 e. The van der Waals surface area contributed by atoms with Gasteiger partial charge in [-0.2, -0.15) is 0 Å². The number of nitro benzene ring substituents is 1. The minimum Gasteiger partial charge on any atom is -0.506 e. The van der Waals surface area contributed by atoms with Gasteiger partial charge in [0.25, 0.3) is 11.6 Å². The van der Waals surface area contributed by atoms with E-state index in [2.05, 4.69) is 21.2 Å². The van der Waals surface area contributed by atoms with E-state index < -0.39 is 16.6 Å². The Bertz CT molecular complexity index is 733. The second-order valence-electron chi connectivity index (χ2n) is 4.14. The van der Waals surface area contributed by atoms with E-state index >= 15 is 0 Å². The van der Waals surface area contributed by atoms with Gasteiger partial charge in [-0.25, -0.2) is 0 Å². The number of benzene rings is 2. The van der Waals surface area contributed by atoms with Crippen LogP contribution in [0.4, 0.5) is 17.1 Å². The highest BCUT2D eigenvalue weighted by Gasteiger charge is 2.15. The number of carbonyl (C=O) groups excluding carboxylic acids is 1. The molecule has 2 aromatic carbocycles. The van der Waals surface area contributed by atoms with Crippen molar-refractivity contribution in [2.24, 2.45) is 0 Å². The zero-order valence-electron chi connectivity index (χ0n) is 10.5. The number of rotatable bonds is 3. The van der Waals surface area contributed by atoms with E-state index in [-0.39, 0.29) is 22.6 Å². The number of aromatic hydroxyl groups is 1. The monoisotopic (exact) mass is 351 g/mol. The fourth-order valence-corrected chi connectivity index (χ4v) is 2.02. The summed E-state index contributed by atoms with van der Waals surface area (Å²) in [6.07, 6.45) is 0. The lowest BCUT2D eigenvalue weighted by atomic mass is 10.1. The number of nitrogens with zero attached hydrogens (tertiary/aromatic N) is 1. The minimum absolute atomic E-state index is 0.0602. The maximum atomic E-state index is 12.1. The van der Waals surface area contributed by atoms with E-state index in [1.54, 1.807) is 12.1 Å². The van der Waals surface area contributed by atoms with Crippen molar-refractivity contribution in [1.82, 2.24) is 0 Å². The Labute approximate surface area is 127 Å². The van der Waals surface area contributed by atoms with Gasteiger partial charge >= 0.3 is 0 Å². The van der Waals surface area contributed by atoms with Crippen molar-refractivity contribution in [2.45, 2.75) is 0 Å². The Morgan fingerprint density at radius 2 is 2.00 bits per heavy atom. The second kappa shape index (κ2) is 5.80. The number of hydrogen-bond donors (Lipinski definition) is 3. The average molecular weight is 352 g/mol. The van der Waals surface area contributed by atoms with Gasteiger partial charge in [-0.3, -0.25) is 14.9 Å². The fourth-order valence-electron chi connectivity index (χ4n) is 1.65. The van der Waals surface area contributed by atoms with Crippen LogP contribution in [-0.4, -0.2) is 15.9 Å². The molecule has 4 N–H and O–H groups in total. The Balaban J connectivity index is 2.27. The number of nitrogens with two attached hydrogens (primary N) is 1. The first kappa shape index (κ1) is 14.8. The number of nitrogens with one attached hydrogen (secondary N) is 1. The molecule has 0 saturated carbocycles. The number of phenolic OH excluding ortho intramolecular Hbond substituents is 1. The number of phenols is 1. The molecule has 21 heavy (non-hydrogen) atoms. The van der Waals surface area contributed by atoms with Crippen LogP contribution in [0, 0.1) is 10.1 Å². The number of hydrogen-bond acceptors (Lipinski definition) is 5. The van der Waals surface area contributed by atoms with Gasteiger partial charge in [-0.1, -0.05) is 15.9 Å². The zero-order chi connectivity index (χ0) is 15.6. The second-order valence-corrected chi connectivity index (χ2v) is 5.06. The third kappa shape index (κ3) is 3.29. The molecule has 0 spiro atoms. The first-order chi connectivity index (χ1) is 9.88. The number of nitrogen functional groups attached to an aromatic ring is 1. The van der Waals surface area contributed by atoms with Crippen LogP contribution in [0.2, 0.25) is 0 Å². The minimum atomic E-state index is -0.641. The average Bonchev–Trinajstić information content (AvgIpc) is 2.43. The highest BCUT2D eigenvalue weighted by molar-refractivity contribution is 9.10. The van der Waals surface area contributed by atoms with Crippen LogP contribution in [0.1, 0.15) is 10.4 Å². The highest BCUT2D eigenvalue weighted by Crippen LogP contribution is 2.29. The summed E-state index contributed by atoms with van der Waals surface area (Å²) >= 11 is 3.23. The largest absolute Gasteiger partial charge is 0.506 e. The summed E-state index contributed by atoms with van der Waals surface area (Å²) in [5.74, 6) is -0.927. The molecule has 2 rings (SSSR count). The molecule has 108 valence electrons. The van der Waals surface area contributed by atoms with E-state index in [1.165, 1.54) is 18.2 Å². The topological polar surface area (TPSA) is 118 Å². The summed E-state index contributed by atoms with van der Waals surface area (Å²) < 4.78 is 0.676. The van der Waals surface area contributed by atoms with Crippen molar-refractivity contribution in [3.05, 3.63) is 56.5 Å². The van der Waals surface area contributed by atoms with Gasteiger partial charge in [0, 0.05) is 16.2 Å². The van der Waals surface area contributed by atoms with Gasteiger partial charge in [-0.15, -0.1) is 0 Å². The van der Waals surface area contributed by atoms with E-state index in [1.807, 2.05) is 0 Å². The standard InChI is InChI=1S/C13H10BrN3O4/c14-7-1-3-10(15)9(5-7)13(19)16-11-4-2-8(17(20)21)6-12(11)18/h1-6,18H,15H2,(H,16,19). The molecular weight excluding hydrogens is 342 g/mol. The number of nitro groups is 1. The van der Waals surface area contributed by atoms with Crippen LogP contribution in [0.25, 0.3) is 0 Å². The number of amides is 1. The summed E-state index contributed by atoms with van der Waals surface area (Å²) in [4.78, 5) is 22.0. The number of non-ortho nitro benzene ring substituents is 1. The number of anilines is 2. The first-order valence-electron chi connectivity index (χ1n) is 5.72. The highest BCUT2D eigenvalue weighted by atomic mass is 79.9. The normalized spacial score (nSPS) is 10.1. The van der Waals surface area contributed by atoms with E-state index in [4.69, 9.17) is 5.73 Å². The summed E-state index contributed by atoms with van der Waals surface area (Å²) in [6, 6.07) is 8.18. The molecule has 0 aliphatic heterocycles. The third-order valence-corrected chi connectivity index (χ3v) is 3.19. The summed E-state index contributed by atoms with van der Waals surface area (Å²) in [7, 11) is 0. The Hall–Kier alpha value is -2.61. The molecule has 0 saturated heterocycles. The number of halogens is 1. The SMILES string of the molecule is Nc1ccc(Br)cc1C(=O)Nc1ccc([N+](=O)[O-])cc1O. The molecule has 0 bridgehead atoms. The molecule has 0 unspecified atom stereocenters. The van der Waals surface area contributed by atoms with Crippen LogP contribution in [0.5, 0.6) is 5.75 Å². The quantitative estimate of drug-likeness (QED) is 0.340. The Kier molecular flexibility index (Phi) is 4.08. The molecular formula is C13H10BrN3O4. The lowest BCUT2D eigenvalue weighted by Crippen LogP contribution is -2.14. The van der Waals surface area contributed by atoms with Crippen molar-refractivity contribution in [2.75, 3.05) is 11.1 Å². The summed E-state index contributed by atoms with van der Waals surface area (Å²) in [5, 5.41) is 22.7. The molecule has 7 nitrogen and oxygen atoms in total. The van der Waals surface area contributed by atoms with Crippen molar-refractivity contribution in [1.29, 1.82) is 0 Å². The van der Waals surface area contributed by atoms with Gasteiger partial charge in [0.1, 0.15) is 5.75 Å². The van der Waals surface area contributed by atoms with Gasteiger partial charge < -0.3 is 16.2 Å². The predicted molar refractivity (Wildman–Crippen MR) is 81.3 cm³/mol. The molecule has 0 atom stereocenters. The molecule has 8 heteroatoms. The third-order valence-electron chi connectivity index (χ3n) is 2.70. The van der Waals surface area contributed by atoms with Crippen LogP contribution in [0.3, 0.4) is 0 Å². The Morgan fingerprint density at radius 1 is 1.29 bits per heavy atom. The summed E-state index contributed by atoms with van der Waals surface area (Å²) in [5.41, 5.74) is 6.00. The molecule has 0 aromatic heterocycles. The van der Waals surface area contributed by atoms with Crippen molar-refractivity contribution >= 4 is 38.9 Å². The van der Waals surface area contributed by atoms with Crippen LogP contribution < -0.4 is 11.1 Å². The fraction of sp³-hybridized carbons (Fsp3) is 0. The van der Waals surface area contributed by atoms with Crippen molar-refractivity contribution in [3.8, 4) is 5.75 Å². The molecule has 0 aliphatic carbocycles. The smallest absolute Gasteiger partial charge is 0.273 e. The summed E-state index contributed by atoms with van der Waals surface area (Å²) in [6.45, 7) is 0. The Morgan fingerprint density at radius 3 is 2.62 bits per heavy atom. The molecule has 0 heterocycles. The molecule has 2 aromatic rings. The zero-order valence-corrected chi connectivity index (χ0v) is 12.1. The van der Waals surface area contributed by atoms with E-state index in [0.29, 0.717) is 4.47 Å². The lowest BCUT2D eigenvalue weighted by molar-refractivity contribution is -0.384. The van der Waals surface area contributed by atoms with Crippen molar-refractivity contribution in [3.63, 3.8) is 0 Å². The molecule has 0 aliphatic rings. The molecule has 0 radical (unpaired) electrons. The maximum absolute atomic E-state index is 12.1. The van der Waals surface area contributed by atoms with E-state index in [0.717, 1.165) is 6.07 Å². The van der Waals surface area contributed by atoms with Crippen LogP contribution in [-0.2, 0) is 0 Å². The molecule has 1 amide bonds. The van der Waals surface area contributed by atoms with Gasteiger partial charge in [0.05, 0.1) is 22.2 Å². The first-order valence-corrected chi connectivity index (χ1v) is 6.51. The van der Waals surface area contributed by atoms with E-state index in [9.17, 15) is 20.0 Å². The van der Waals surface area contributed by atoms with Crippen molar-refractivity contribution < 1.29 is 14.8 Å².